The lowest BCUT2D eigenvalue weighted by Gasteiger charge is -2.22. The van der Waals surface area contributed by atoms with Gasteiger partial charge in [0.25, 0.3) is 0 Å². The molecule has 1 aliphatic rings. The minimum absolute atomic E-state index is 0.00391. The third-order valence-corrected chi connectivity index (χ3v) is 5.88. The number of Topliss-reactive ketones (excluding diaryl/α,β-unsaturated/α-hetero) is 1. The van der Waals surface area contributed by atoms with Gasteiger partial charge in [-0.05, 0) is 24.1 Å². The Balaban J connectivity index is 1.46. The van der Waals surface area contributed by atoms with Crippen LogP contribution in [0.1, 0.15) is 34.5 Å². The van der Waals surface area contributed by atoms with Gasteiger partial charge in [0.15, 0.2) is 5.78 Å². The summed E-state index contributed by atoms with van der Waals surface area (Å²) >= 11 is 7.14. The molecule has 2 heterocycles. The first-order valence-corrected chi connectivity index (χ1v) is 10.1. The fourth-order valence-electron chi connectivity index (χ4n) is 3.19. The lowest BCUT2D eigenvalue weighted by Crippen LogP contribution is -2.35. The molecule has 0 N–H and O–H groups in total. The standard InChI is InChI=1S/C20H23ClN2O2S/c21-19-9-8-18(26-19)17(24)7-10-20(25)23-12-4-11-22(13-14-23)15-16-5-2-1-3-6-16/h1-3,5-6,8-9H,4,7,10-15H2. The van der Waals surface area contributed by atoms with Gasteiger partial charge in [-0.2, -0.15) is 0 Å². The smallest absolute Gasteiger partial charge is 0.223 e. The van der Waals surface area contributed by atoms with Gasteiger partial charge < -0.3 is 4.90 Å². The molecule has 1 fully saturated rings. The van der Waals surface area contributed by atoms with E-state index in [-0.39, 0.29) is 24.5 Å². The Hall–Kier alpha value is -1.69. The summed E-state index contributed by atoms with van der Waals surface area (Å²) in [6.07, 6.45) is 1.49. The van der Waals surface area contributed by atoms with Crippen molar-refractivity contribution in [2.45, 2.75) is 25.8 Å². The second-order valence-corrected chi connectivity index (χ2v) is 8.24. The van der Waals surface area contributed by atoms with Crippen LogP contribution >= 0.6 is 22.9 Å². The SMILES string of the molecule is O=C(CCC(=O)N1CCCN(Cc2ccccc2)CC1)c1ccc(Cl)s1. The van der Waals surface area contributed by atoms with Crippen molar-refractivity contribution >= 4 is 34.6 Å². The van der Waals surface area contributed by atoms with Crippen LogP contribution in [0.25, 0.3) is 0 Å². The molecule has 1 saturated heterocycles. The molecular weight excluding hydrogens is 368 g/mol. The van der Waals surface area contributed by atoms with Gasteiger partial charge in [0, 0.05) is 45.6 Å². The van der Waals surface area contributed by atoms with Crippen molar-refractivity contribution in [3.63, 3.8) is 0 Å². The first-order valence-electron chi connectivity index (χ1n) is 8.94. The average Bonchev–Trinajstić information content (AvgIpc) is 2.95. The van der Waals surface area contributed by atoms with Crippen LogP contribution in [0.4, 0.5) is 0 Å². The van der Waals surface area contributed by atoms with Crippen LogP contribution in [0.5, 0.6) is 0 Å². The van der Waals surface area contributed by atoms with Gasteiger partial charge in [-0.15, -0.1) is 11.3 Å². The van der Waals surface area contributed by atoms with E-state index in [1.165, 1.54) is 16.9 Å². The Kier molecular flexibility index (Phi) is 6.83. The lowest BCUT2D eigenvalue weighted by atomic mass is 10.2. The number of amides is 1. The van der Waals surface area contributed by atoms with Gasteiger partial charge in [0.2, 0.25) is 5.91 Å². The highest BCUT2D eigenvalue weighted by atomic mass is 35.5. The molecule has 0 saturated carbocycles. The zero-order valence-electron chi connectivity index (χ0n) is 14.7. The van der Waals surface area contributed by atoms with E-state index in [0.717, 1.165) is 39.1 Å². The summed E-state index contributed by atoms with van der Waals surface area (Å²) < 4.78 is 0.603. The number of benzene rings is 1. The second-order valence-electron chi connectivity index (χ2n) is 6.52. The van der Waals surface area contributed by atoms with Crippen LogP contribution in [-0.2, 0) is 11.3 Å². The summed E-state index contributed by atoms with van der Waals surface area (Å²) in [5.74, 6) is 0.0679. The fraction of sp³-hybridized carbons (Fsp3) is 0.400. The number of hydrogen-bond acceptors (Lipinski definition) is 4. The summed E-state index contributed by atoms with van der Waals surface area (Å²) in [6, 6.07) is 13.9. The molecule has 1 aliphatic heterocycles. The van der Waals surface area contributed by atoms with E-state index < -0.39 is 0 Å². The molecule has 3 rings (SSSR count). The summed E-state index contributed by atoms with van der Waals surface area (Å²) in [4.78, 5) is 29.6. The Bertz CT molecular complexity index is 747. The molecular formula is C20H23ClN2O2S. The zero-order chi connectivity index (χ0) is 18.4. The normalized spacial score (nSPS) is 15.7. The van der Waals surface area contributed by atoms with E-state index >= 15 is 0 Å². The molecule has 1 aromatic carbocycles. The highest BCUT2D eigenvalue weighted by Gasteiger charge is 2.20. The quantitative estimate of drug-likeness (QED) is 0.697. The Labute approximate surface area is 163 Å². The molecule has 0 aliphatic carbocycles. The molecule has 26 heavy (non-hydrogen) atoms. The number of nitrogens with zero attached hydrogens (tertiary/aromatic N) is 2. The average molecular weight is 391 g/mol. The van der Waals surface area contributed by atoms with Gasteiger partial charge in [-0.25, -0.2) is 0 Å². The molecule has 0 bridgehead atoms. The van der Waals surface area contributed by atoms with E-state index in [0.29, 0.717) is 9.21 Å². The fourth-order valence-corrected chi connectivity index (χ4v) is 4.20. The summed E-state index contributed by atoms with van der Waals surface area (Å²) in [5.41, 5.74) is 1.30. The largest absolute Gasteiger partial charge is 0.341 e. The molecule has 0 atom stereocenters. The highest BCUT2D eigenvalue weighted by Crippen LogP contribution is 2.23. The number of rotatable bonds is 6. The van der Waals surface area contributed by atoms with Gasteiger partial charge in [0.05, 0.1) is 9.21 Å². The molecule has 0 unspecified atom stereocenters. The third-order valence-electron chi connectivity index (χ3n) is 4.60. The van der Waals surface area contributed by atoms with Crippen LogP contribution in [0.2, 0.25) is 4.34 Å². The molecule has 1 aromatic heterocycles. The van der Waals surface area contributed by atoms with Crippen molar-refractivity contribution < 1.29 is 9.59 Å². The maximum atomic E-state index is 12.5. The van der Waals surface area contributed by atoms with Crippen molar-refractivity contribution in [3.8, 4) is 0 Å². The maximum absolute atomic E-state index is 12.5. The van der Waals surface area contributed by atoms with Crippen molar-refractivity contribution in [2.24, 2.45) is 0 Å². The molecule has 2 aromatic rings. The van der Waals surface area contributed by atoms with Crippen molar-refractivity contribution in [2.75, 3.05) is 26.2 Å². The van der Waals surface area contributed by atoms with Crippen LogP contribution in [-0.4, -0.2) is 47.7 Å². The van der Waals surface area contributed by atoms with E-state index in [1.807, 2.05) is 11.0 Å². The first-order chi connectivity index (χ1) is 12.6. The van der Waals surface area contributed by atoms with Crippen molar-refractivity contribution in [1.29, 1.82) is 0 Å². The molecule has 1 amide bonds. The van der Waals surface area contributed by atoms with Gasteiger partial charge in [-0.3, -0.25) is 14.5 Å². The monoisotopic (exact) mass is 390 g/mol. The third kappa shape index (κ3) is 5.40. The van der Waals surface area contributed by atoms with Crippen molar-refractivity contribution in [3.05, 3.63) is 57.2 Å². The van der Waals surface area contributed by atoms with Crippen LogP contribution in [0, 0.1) is 0 Å². The van der Waals surface area contributed by atoms with Gasteiger partial charge in [-0.1, -0.05) is 41.9 Å². The predicted octanol–water partition coefficient (Wildman–Crippen LogP) is 4.10. The zero-order valence-corrected chi connectivity index (χ0v) is 16.3. The number of carbonyl (C=O) groups is 2. The maximum Gasteiger partial charge on any atom is 0.223 e. The molecule has 0 spiro atoms. The lowest BCUT2D eigenvalue weighted by molar-refractivity contribution is -0.131. The Morgan fingerprint density at radius 1 is 0.962 bits per heavy atom. The van der Waals surface area contributed by atoms with Crippen molar-refractivity contribution in [1.82, 2.24) is 9.80 Å². The van der Waals surface area contributed by atoms with Gasteiger partial charge >= 0.3 is 0 Å². The number of hydrogen-bond donors (Lipinski definition) is 0. The number of halogens is 1. The molecule has 138 valence electrons. The molecule has 6 heteroatoms. The minimum atomic E-state index is -0.00391. The van der Waals surface area contributed by atoms with Crippen LogP contribution in [0.3, 0.4) is 0 Å². The van der Waals surface area contributed by atoms with Crippen LogP contribution < -0.4 is 0 Å². The van der Waals surface area contributed by atoms with E-state index in [2.05, 4.69) is 29.2 Å². The Morgan fingerprint density at radius 2 is 1.77 bits per heavy atom. The minimum Gasteiger partial charge on any atom is -0.341 e. The van der Waals surface area contributed by atoms with Gasteiger partial charge in [0.1, 0.15) is 0 Å². The first kappa shape index (κ1) is 19.1. The highest BCUT2D eigenvalue weighted by molar-refractivity contribution is 7.18. The molecule has 4 nitrogen and oxygen atoms in total. The topological polar surface area (TPSA) is 40.6 Å². The number of thiophene rings is 1. The predicted molar refractivity (Wildman–Crippen MR) is 106 cm³/mol. The Morgan fingerprint density at radius 3 is 2.50 bits per heavy atom. The number of ketones is 1. The van der Waals surface area contributed by atoms with E-state index in [4.69, 9.17) is 11.6 Å². The van der Waals surface area contributed by atoms with Crippen LogP contribution in [0.15, 0.2) is 42.5 Å². The van der Waals surface area contributed by atoms with E-state index in [9.17, 15) is 9.59 Å². The van der Waals surface area contributed by atoms with E-state index in [1.54, 1.807) is 12.1 Å². The number of carbonyl (C=O) groups excluding carboxylic acids is 2. The molecule has 0 radical (unpaired) electrons. The summed E-state index contributed by atoms with van der Waals surface area (Å²) in [7, 11) is 0. The second kappa shape index (κ2) is 9.31. The summed E-state index contributed by atoms with van der Waals surface area (Å²) in [6.45, 7) is 4.27. The summed E-state index contributed by atoms with van der Waals surface area (Å²) in [5, 5.41) is 0.